The van der Waals surface area contributed by atoms with Gasteiger partial charge in [-0.1, -0.05) is 51.0 Å². The highest BCUT2D eigenvalue weighted by atomic mass is 16.5. The number of nitrogens with zero attached hydrogens (tertiary/aromatic N) is 3. The maximum absolute atomic E-state index is 13.6. The quantitative estimate of drug-likeness (QED) is 0.355. The van der Waals surface area contributed by atoms with Crippen molar-refractivity contribution in [2.75, 3.05) is 32.8 Å². The molecule has 1 fully saturated rings. The number of carbonyl (C=O) groups is 2. The highest BCUT2D eigenvalue weighted by molar-refractivity contribution is 5.85. The number of benzene rings is 1. The lowest BCUT2D eigenvalue weighted by molar-refractivity contribution is -0.143. The van der Waals surface area contributed by atoms with E-state index in [0.717, 1.165) is 87.0 Å². The van der Waals surface area contributed by atoms with Gasteiger partial charge in [0.1, 0.15) is 5.75 Å². The number of hydrogen-bond acceptors (Lipinski definition) is 5. The molecule has 212 valence electrons. The molecule has 0 saturated carbocycles. The number of amides is 1. The smallest absolute Gasteiger partial charge is 0.308 e. The van der Waals surface area contributed by atoms with Gasteiger partial charge < -0.3 is 14.7 Å². The summed E-state index contributed by atoms with van der Waals surface area (Å²) < 4.78 is 5.70. The van der Waals surface area contributed by atoms with E-state index in [1.807, 2.05) is 35.4 Å². The van der Waals surface area contributed by atoms with E-state index in [1.54, 1.807) is 0 Å². The molecule has 4 rings (SSSR count). The van der Waals surface area contributed by atoms with Gasteiger partial charge in [0.05, 0.1) is 19.1 Å². The number of likely N-dealkylation sites (tertiary alicyclic amines) is 1. The van der Waals surface area contributed by atoms with Gasteiger partial charge in [0.15, 0.2) is 0 Å². The zero-order valence-electron chi connectivity index (χ0n) is 23.7. The molecule has 0 aliphatic carbocycles. The summed E-state index contributed by atoms with van der Waals surface area (Å²) in [6, 6.07) is 5.92. The maximum Gasteiger partial charge on any atom is 0.308 e. The molecule has 1 amide bonds. The van der Waals surface area contributed by atoms with Gasteiger partial charge in [-0.25, -0.2) is 0 Å². The lowest BCUT2D eigenvalue weighted by Gasteiger charge is -2.30. The number of fused-ring (bicyclic) bond motifs is 1. The van der Waals surface area contributed by atoms with Crippen LogP contribution < -0.4 is 4.74 Å². The van der Waals surface area contributed by atoms with Crippen molar-refractivity contribution in [3.8, 4) is 5.75 Å². The fraction of sp³-hybridized carbons (Fsp3) is 0.594. The molecule has 0 radical (unpaired) electrons. The average Bonchev–Trinajstić information content (AvgIpc) is 3.52. The molecule has 3 atom stereocenters. The Morgan fingerprint density at radius 2 is 1.92 bits per heavy atom. The van der Waals surface area contributed by atoms with Crippen molar-refractivity contribution in [3.05, 3.63) is 53.8 Å². The number of aliphatic imine (C=N–C) groups is 1. The van der Waals surface area contributed by atoms with E-state index in [9.17, 15) is 14.7 Å². The minimum Gasteiger partial charge on any atom is -0.493 e. The fourth-order valence-electron chi connectivity index (χ4n) is 6.15. The summed E-state index contributed by atoms with van der Waals surface area (Å²) in [5.74, 6) is -0.520. The van der Waals surface area contributed by atoms with Crippen LogP contribution in [-0.2, 0) is 16.0 Å². The number of allylic oxidation sites excluding steroid dienone is 3. The second-order valence-electron chi connectivity index (χ2n) is 11.1. The van der Waals surface area contributed by atoms with Crippen LogP contribution in [0.1, 0.15) is 82.3 Å². The SMILES string of the molecule is CCCCN(CCCC)C(=O)CN1C[C@H](c2ccc3c(c2)CCO3)[C@@H](C(=O)O)[C@@H]1CCC1=N/C=C\C=C/CC1. The third-order valence-corrected chi connectivity index (χ3v) is 8.35. The monoisotopic (exact) mass is 535 g/mol. The number of ether oxygens (including phenoxy) is 1. The molecule has 1 N–H and O–H groups in total. The summed E-state index contributed by atoms with van der Waals surface area (Å²) in [5, 5.41) is 10.5. The normalized spacial score (nSPS) is 24.3. The van der Waals surface area contributed by atoms with Gasteiger partial charge in [-0.2, -0.15) is 0 Å². The van der Waals surface area contributed by atoms with Crippen molar-refractivity contribution in [2.24, 2.45) is 10.9 Å². The Kier molecular flexibility index (Phi) is 10.8. The van der Waals surface area contributed by atoms with Crippen molar-refractivity contribution < 1.29 is 19.4 Å². The minimum atomic E-state index is -0.784. The van der Waals surface area contributed by atoms with Gasteiger partial charge in [-0.3, -0.25) is 19.5 Å². The second-order valence-corrected chi connectivity index (χ2v) is 11.1. The van der Waals surface area contributed by atoms with E-state index in [-0.39, 0.29) is 24.4 Å². The summed E-state index contributed by atoms with van der Waals surface area (Å²) >= 11 is 0. The Labute approximate surface area is 233 Å². The van der Waals surface area contributed by atoms with E-state index in [4.69, 9.17) is 4.74 Å². The van der Waals surface area contributed by atoms with Crippen LogP contribution in [0.4, 0.5) is 0 Å². The fourth-order valence-corrected chi connectivity index (χ4v) is 6.15. The number of carboxylic acids is 1. The lowest BCUT2D eigenvalue weighted by atomic mass is 9.83. The Balaban J connectivity index is 1.58. The van der Waals surface area contributed by atoms with Crippen molar-refractivity contribution >= 4 is 17.6 Å². The molecule has 39 heavy (non-hydrogen) atoms. The van der Waals surface area contributed by atoms with Gasteiger partial charge >= 0.3 is 5.97 Å². The minimum absolute atomic E-state index is 0.116. The Bertz CT molecular complexity index is 1070. The van der Waals surface area contributed by atoms with Gasteiger partial charge in [-0.05, 0) is 61.8 Å². The molecule has 0 aromatic heterocycles. The standard InChI is InChI=1S/C32H45N3O4/c1-3-5-18-34(19-6-4-2)30(36)23-35-22-27(24-12-15-29-25(21-24)16-20-39-29)31(32(37)38)28(35)14-13-26-11-9-7-8-10-17-33-26/h7-8,10,12,15,17,21,27-28,31H,3-6,9,11,13-14,16,18-20,22-23H2,1-2H3,(H,37,38)/b8-7-,17-10-,33-26?/t27-,28+,31-/m1/s1. The molecule has 3 aliphatic heterocycles. The molecule has 3 aliphatic rings. The topological polar surface area (TPSA) is 82.4 Å². The lowest BCUT2D eigenvalue weighted by Crippen LogP contribution is -2.44. The highest BCUT2D eigenvalue weighted by Gasteiger charge is 2.47. The molecule has 1 aromatic rings. The number of carboxylic acid groups (broad SMARTS) is 1. The number of carbonyl (C=O) groups excluding carboxylic acids is 1. The zero-order valence-corrected chi connectivity index (χ0v) is 23.7. The van der Waals surface area contributed by atoms with Gasteiger partial charge in [0.2, 0.25) is 5.91 Å². The third kappa shape index (κ3) is 7.59. The number of aliphatic carboxylic acids is 1. The molecule has 3 heterocycles. The predicted molar refractivity (Wildman–Crippen MR) is 155 cm³/mol. The molecule has 1 saturated heterocycles. The predicted octanol–water partition coefficient (Wildman–Crippen LogP) is 5.60. The molecule has 1 aromatic carbocycles. The number of hydrogen-bond donors (Lipinski definition) is 1. The van der Waals surface area contributed by atoms with Crippen molar-refractivity contribution in [3.63, 3.8) is 0 Å². The zero-order chi connectivity index (χ0) is 27.6. The average molecular weight is 536 g/mol. The van der Waals surface area contributed by atoms with Crippen LogP contribution in [-0.4, -0.2) is 71.3 Å². The Hall–Kier alpha value is -2.93. The summed E-state index contributed by atoms with van der Waals surface area (Å²) in [4.78, 5) is 35.2. The molecule has 7 heteroatoms. The van der Waals surface area contributed by atoms with Crippen LogP contribution in [0.3, 0.4) is 0 Å². The molecular formula is C32H45N3O4. The first-order valence-corrected chi connectivity index (χ1v) is 14.9. The first-order valence-electron chi connectivity index (χ1n) is 14.9. The van der Waals surface area contributed by atoms with Crippen LogP contribution >= 0.6 is 0 Å². The van der Waals surface area contributed by atoms with Crippen LogP contribution in [0.5, 0.6) is 5.75 Å². The third-order valence-electron chi connectivity index (χ3n) is 8.35. The van der Waals surface area contributed by atoms with Crippen molar-refractivity contribution in [1.82, 2.24) is 9.80 Å². The molecule has 7 nitrogen and oxygen atoms in total. The first kappa shape index (κ1) is 29.1. The Morgan fingerprint density at radius 1 is 1.13 bits per heavy atom. The van der Waals surface area contributed by atoms with Gasteiger partial charge in [0, 0.05) is 49.9 Å². The largest absolute Gasteiger partial charge is 0.493 e. The second kappa shape index (κ2) is 14.5. The van der Waals surface area contributed by atoms with Crippen molar-refractivity contribution in [2.45, 2.75) is 83.6 Å². The van der Waals surface area contributed by atoms with E-state index in [1.165, 1.54) is 0 Å². The summed E-state index contributed by atoms with van der Waals surface area (Å²) in [5.41, 5.74) is 3.28. The van der Waals surface area contributed by atoms with Crippen LogP contribution in [0.25, 0.3) is 0 Å². The van der Waals surface area contributed by atoms with Gasteiger partial charge in [0.25, 0.3) is 0 Å². The number of unbranched alkanes of at least 4 members (excludes halogenated alkanes) is 2. The summed E-state index contributed by atoms with van der Waals surface area (Å²) in [6.07, 6.45) is 16.0. The summed E-state index contributed by atoms with van der Waals surface area (Å²) in [6.45, 7) is 7.32. The van der Waals surface area contributed by atoms with E-state index in [0.29, 0.717) is 19.6 Å². The molecule has 0 bridgehead atoms. The van der Waals surface area contributed by atoms with E-state index >= 15 is 0 Å². The van der Waals surface area contributed by atoms with E-state index < -0.39 is 11.9 Å². The molecular weight excluding hydrogens is 490 g/mol. The van der Waals surface area contributed by atoms with Crippen LogP contribution in [0.15, 0.2) is 47.6 Å². The molecule has 0 spiro atoms. The van der Waals surface area contributed by atoms with Crippen LogP contribution in [0.2, 0.25) is 0 Å². The number of rotatable bonds is 13. The van der Waals surface area contributed by atoms with E-state index in [2.05, 4.69) is 35.9 Å². The van der Waals surface area contributed by atoms with Crippen molar-refractivity contribution in [1.29, 1.82) is 0 Å². The maximum atomic E-state index is 13.6. The Morgan fingerprint density at radius 3 is 2.67 bits per heavy atom. The van der Waals surface area contributed by atoms with Crippen LogP contribution in [0, 0.1) is 5.92 Å². The van der Waals surface area contributed by atoms with Gasteiger partial charge in [-0.15, -0.1) is 0 Å². The molecule has 0 unspecified atom stereocenters. The summed E-state index contributed by atoms with van der Waals surface area (Å²) in [7, 11) is 0. The highest BCUT2D eigenvalue weighted by Crippen LogP contribution is 2.41. The first-order chi connectivity index (χ1) is 19.0.